The Balaban J connectivity index is 2.25. The molecule has 0 saturated carbocycles. The third-order valence-corrected chi connectivity index (χ3v) is 2.91. The van der Waals surface area contributed by atoms with Crippen LogP contribution in [0.15, 0.2) is 24.3 Å². The van der Waals surface area contributed by atoms with E-state index in [1.807, 2.05) is 45.9 Å². The summed E-state index contributed by atoms with van der Waals surface area (Å²) in [4.78, 5) is 12.3. The molecule has 100 valence electrons. The molecule has 2 aromatic rings. The summed E-state index contributed by atoms with van der Waals surface area (Å²) in [5, 5.41) is 7.21. The summed E-state index contributed by atoms with van der Waals surface area (Å²) in [6.07, 6.45) is 0. The third-order valence-electron chi connectivity index (χ3n) is 2.91. The molecule has 0 aliphatic carbocycles. The van der Waals surface area contributed by atoms with Crippen molar-refractivity contribution in [3.8, 4) is 0 Å². The SMILES string of the molecule is CCn1nc(C)cc1C(=O)Nc1cc(C)cc(C)c1. The van der Waals surface area contributed by atoms with Crippen LogP contribution in [-0.2, 0) is 6.54 Å². The predicted molar refractivity (Wildman–Crippen MR) is 76.5 cm³/mol. The molecule has 2 rings (SSSR count). The molecule has 0 unspecified atom stereocenters. The Morgan fingerprint density at radius 1 is 1.16 bits per heavy atom. The smallest absolute Gasteiger partial charge is 0.273 e. The number of nitrogens with zero attached hydrogens (tertiary/aromatic N) is 2. The molecule has 4 heteroatoms. The van der Waals surface area contributed by atoms with Crippen LogP contribution < -0.4 is 5.32 Å². The van der Waals surface area contributed by atoms with Crippen LogP contribution in [0.3, 0.4) is 0 Å². The van der Waals surface area contributed by atoms with E-state index in [9.17, 15) is 4.79 Å². The first-order chi connectivity index (χ1) is 8.99. The number of hydrogen-bond donors (Lipinski definition) is 1. The van der Waals surface area contributed by atoms with Gasteiger partial charge in [0, 0.05) is 12.2 Å². The van der Waals surface area contributed by atoms with Gasteiger partial charge in [-0.3, -0.25) is 9.48 Å². The van der Waals surface area contributed by atoms with Gasteiger partial charge in [0.2, 0.25) is 0 Å². The van der Waals surface area contributed by atoms with Crippen molar-refractivity contribution in [2.45, 2.75) is 34.2 Å². The summed E-state index contributed by atoms with van der Waals surface area (Å²) in [7, 11) is 0. The van der Waals surface area contributed by atoms with E-state index in [2.05, 4.69) is 16.5 Å². The molecule has 1 aromatic heterocycles. The molecule has 0 aliphatic rings. The van der Waals surface area contributed by atoms with E-state index in [-0.39, 0.29) is 5.91 Å². The minimum atomic E-state index is -0.118. The first kappa shape index (κ1) is 13.3. The van der Waals surface area contributed by atoms with Crippen LogP contribution in [0.1, 0.15) is 34.2 Å². The number of rotatable bonds is 3. The lowest BCUT2D eigenvalue weighted by atomic mass is 10.1. The molecular weight excluding hydrogens is 238 g/mol. The standard InChI is InChI=1S/C15H19N3O/c1-5-18-14(9-12(4)17-18)15(19)16-13-7-10(2)6-11(3)8-13/h6-9H,5H2,1-4H3,(H,16,19). The fourth-order valence-corrected chi connectivity index (χ4v) is 2.21. The molecule has 0 spiro atoms. The predicted octanol–water partition coefficient (Wildman–Crippen LogP) is 3.08. The summed E-state index contributed by atoms with van der Waals surface area (Å²) in [5.74, 6) is -0.118. The number of anilines is 1. The molecule has 1 aromatic carbocycles. The highest BCUT2D eigenvalue weighted by Gasteiger charge is 2.13. The van der Waals surface area contributed by atoms with Gasteiger partial charge in [-0.15, -0.1) is 0 Å². The van der Waals surface area contributed by atoms with Gasteiger partial charge >= 0.3 is 0 Å². The van der Waals surface area contributed by atoms with Gasteiger partial charge in [-0.25, -0.2) is 0 Å². The normalized spacial score (nSPS) is 10.5. The second-order valence-electron chi connectivity index (χ2n) is 4.82. The van der Waals surface area contributed by atoms with Gasteiger partial charge in [-0.2, -0.15) is 5.10 Å². The maximum absolute atomic E-state index is 12.3. The van der Waals surface area contributed by atoms with E-state index in [0.29, 0.717) is 12.2 Å². The molecule has 1 heterocycles. The molecule has 0 radical (unpaired) electrons. The van der Waals surface area contributed by atoms with E-state index in [4.69, 9.17) is 0 Å². The third kappa shape index (κ3) is 3.02. The van der Waals surface area contributed by atoms with E-state index in [1.54, 1.807) is 4.68 Å². The summed E-state index contributed by atoms with van der Waals surface area (Å²) in [6.45, 7) is 8.58. The number of carbonyl (C=O) groups excluding carboxylic acids is 1. The van der Waals surface area contributed by atoms with E-state index in [0.717, 1.165) is 22.5 Å². The molecule has 4 nitrogen and oxygen atoms in total. The van der Waals surface area contributed by atoms with Crippen molar-refractivity contribution < 1.29 is 4.79 Å². The zero-order valence-corrected chi connectivity index (χ0v) is 11.8. The van der Waals surface area contributed by atoms with Gasteiger partial charge in [0.15, 0.2) is 0 Å². The fraction of sp³-hybridized carbons (Fsp3) is 0.333. The Morgan fingerprint density at radius 3 is 2.37 bits per heavy atom. The molecule has 1 amide bonds. The van der Waals surface area contributed by atoms with Crippen LogP contribution in [0.5, 0.6) is 0 Å². The molecule has 0 fully saturated rings. The van der Waals surface area contributed by atoms with Gasteiger partial charge in [0.05, 0.1) is 5.69 Å². The van der Waals surface area contributed by atoms with Crippen molar-refractivity contribution in [1.29, 1.82) is 0 Å². The van der Waals surface area contributed by atoms with Gasteiger partial charge in [0.1, 0.15) is 5.69 Å². The lowest BCUT2D eigenvalue weighted by molar-refractivity contribution is 0.101. The topological polar surface area (TPSA) is 46.9 Å². The largest absolute Gasteiger partial charge is 0.321 e. The van der Waals surface area contributed by atoms with Crippen LogP contribution in [0.25, 0.3) is 0 Å². The maximum Gasteiger partial charge on any atom is 0.273 e. The van der Waals surface area contributed by atoms with Gasteiger partial charge in [0.25, 0.3) is 5.91 Å². The van der Waals surface area contributed by atoms with Gasteiger partial charge in [-0.05, 0) is 57.0 Å². The number of benzene rings is 1. The molecular formula is C15H19N3O. The van der Waals surface area contributed by atoms with Crippen molar-refractivity contribution in [2.24, 2.45) is 0 Å². The Morgan fingerprint density at radius 2 is 1.79 bits per heavy atom. The molecule has 0 saturated heterocycles. The fourth-order valence-electron chi connectivity index (χ4n) is 2.21. The molecule has 19 heavy (non-hydrogen) atoms. The second kappa shape index (κ2) is 5.26. The van der Waals surface area contributed by atoms with Crippen LogP contribution >= 0.6 is 0 Å². The molecule has 0 bridgehead atoms. The van der Waals surface area contributed by atoms with Crippen LogP contribution in [0.2, 0.25) is 0 Å². The number of aromatic nitrogens is 2. The minimum Gasteiger partial charge on any atom is -0.321 e. The average molecular weight is 257 g/mol. The summed E-state index contributed by atoms with van der Waals surface area (Å²) in [5.41, 5.74) is 4.54. The van der Waals surface area contributed by atoms with Crippen molar-refractivity contribution in [3.05, 3.63) is 46.8 Å². The Kier molecular flexibility index (Phi) is 3.69. The van der Waals surface area contributed by atoms with Crippen LogP contribution in [-0.4, -0.2) is 15.7 Å². The number of aryl methyl sites for hydroxylation is 4. The number of hydrogen-bond acceptors (Lipinski definition) is 2. The highest BCUT2D eigenvalue weighted by Crippen LogP contribution is 2.15. The minimum absolute atomic E-state index is 0.118. The summed E-state index contributed by atoms with van der Waals surface area (Å²) in [6, 6.07) is 7.81. The van der Waals surface area contributed by atoms with Gasteiger partial charge in [-0.1, -0.05) is 6.07 Å². The summed E-state index contributed by atoms with van der Waals surface area (Å²) >= 11 is 0. The average Bonchev–Trinajstić information content (AvgIpc) is 2.69. The van der Waals surface area contributed by atoms with Crippen molar-refractivity contribution >= 4 is 11.6 Å². The Bertz CT molecular complexity index is 594. The van der Waals surface area contributed by atoms with Crippen LogP contribution in [0, 0.1) is 20.8 Å². The number of amides is 1. The lowest BCUT2D eigenvalue weighted by Crippen LogP contribution is -2.17. The first-order valence-electron chi connectivity index (χ1n) is 6.43. The highest BCUT2D eigenvalue weighted by molar-refractivity contribution is 6.03. The monoisotopic (exact) mass is 257 g/mol. The van der Waals surface area contributed by atoms with Crippen molar-refractivity contribution in [3.63, 3.8) is 0 Å². The molecule has 1 N–H and O–H groups in total. The lowest BCUT2D eigenvalue weighted by Gasteiger charge is -2.08. The first-order valence-corrected chi connectivity index (χ1v) is 6.43. The Hall–Kier alpha value is -2.10. The van der Waals surface area contributed by atoms with E-state index >= 15 is 0 Å². The van der Waals surface area contributed by atoms with Crippen molar-refractivity contribution in [2.75, 3.05) is 5.32 Å². The zero-order chi connectivity index (χ0) is 14.0. The highest BCUT2D eigenvalue weighted by atomic mass is 16.2. The maximum atomic E-state index is 12.3. The summed E-state index contributed by atoms with van der Waals surface area (Å²) < 4.78 is 1.72. The molecule has 0 atom stereocenters. The Labute approximate surface area is 113 Å². The van der Waals surface area contributed by atoms with E-state index < -0.39 is 0 Å². The van der Waals surface area contributed by atoms with Crippen molar-refractivity contribution in [1.82, 2.24) is 9.78 Å². The van der Waals surface area contributed by atoms with Gasteiger partial charge < -0.3 is 5.32 Å². The number of carbonyl (C=O) groups is 1. The van der Waals surface area contributed by atoms with E-state index in [1.165, 1.54) is 0 Å². The quantitative estimate of drug-likeness (QED) is 0.918. The molecule has 0 aliphatic heterocycles. The second-order valence-corrected chi connectivity index (χ2v) is 4.82. The number of nitrogens with one attached hydrogen (secondary N) is 1. The van der Waals surface area contributed by atoms with Crippen LogP contribution in [0.4, 0.5) is 5.69 Å². The zero-order valence-electron chi connectivity index (χ0n) is 11.8.